The van der Waals surface area contributed by atoms with E-state index in [-0.39, 0.29) is 17.9 Å². The molecule has 2 aromatic carbocycles. The standard InChI is InChI=1S/C27H32F2N2O8/c1-18(27(37,19-6-10-21(28)11-7-19)20-8-12-22(29)13-9-20)14-15-26(36,31-16-4-3-5-17-31)38-23(32)24(33)39-30(2)25(34)35/h6-13,18,36-37H,3-5,14-17H2,1-2H3,(H,34,35). The summed E-state index contributed by atoms with van der Waals surface area (Å²) < 4.78 is 32.5. The molecule has 1 saturated heterocycles. The second-order valence-electron chi connectivity index (χ2n) is 9.56. The number of aliphatic hydroxyl groups is 2. The average molecular weight is 551 g/mol. The van der Waals surface area contributed by atoms with E-state index in [2.05, 4.69) is 4.84 Å². The number of halogens is 2. The van der Waals surface area contributed by atoms with Crippen LogP contribution in [0, 0.1) is 17.6 Å². The molecule has 1 aliphatic rings. The maximum absolute atomic E-state index is 13.7. The molecule has 3 rings (SSSR count). The van der Waals surface area contributed by atoms with E-state index in [1.165, 1.54) is 53.4 Å². The third kappa shape index (κ3) is 7.08. The van der Waals surface area contributed by atoms with E-state index in [1.54, 1.807) is 6.92 Å². The van der Waals surface area contributed by atoms with Gasteiger partial charge < -0.3 is 24.9 Å². The molecule has 0 aromatic heterocycles. The van der Waals surface area contributed by atoms with Crippen LogP contribution in [-0.4, -0.2) is 69.4 Å². The average Bonchev–Trinajstić information content (AvgIpc) is 2.92. The van der Waals surface area contributed by atoms with Gasteiger partial charge in [-0.05, 0) is 60.6 Å². The Balaban J connectivity index is 1.87. The van der Waals surface area contributed by atoms with Crippen LogP contribution in [0.4, 0.5) is 13.6 Å². The molecule has 2 atom stereocenters. The topological polar surface area (TPSA) is 137 Å². The first-order valence-electron chi connectivity index (χ1n) is 12.5. The lowest BCUT2D eigenvalue weighted by Crippen LogP contribution is -2.55. The van der Waals surface area contributed by atoms with Gasteiger partial charge in [-0.15, -0.1) is 5.06 Å². The molecule has 0 aliphatic carbocycles. The molecule has 39 heavy (non-hydrogen) atoms. The number of carbonyl (C=O) groups excluding carboxylic acids is 2. The van der Waals surface area contributed by atoms with Crippen molar-refractivity contribution >= 4 is 18.0 Å². The summed E-state index contributed by atoms with van der Waals surface area (Å²) in [4.78, 5) is 41.4. The molecule has 12 heteroatoms. The summed E-state index contributed by atoms with van der Waals surface area (Å²) in [5.41, 5.74) is -1.11. The minimum absolute atomic E-state index is 0.0234. The van der Waals surface area contributed by atoms with Gasteiger partial charge in [-0.3, -0.25) is 0 Å². The molecule has 2 aromatic rings. The van der Waals surface area contributed by atoms with Crippen LogP contribution in [0.1, 0.15) is 50.2 Å². The van der Waals surface area contributed by atoms with Crippen LogP contribution in [0.25, 0.3) is 0 Å². The molecule has 0 saturated carbocycles. The van der Waals surface area contributed by atoms with Crippen molar-refractivity contribution in [3.63, 3.8) is 0 Å². The molecule has 0 radical (unpaired) electrons. The van der Waals surface area contributed by atoms with Crippen LogP contribution < -0.4 is 0 Å². The van der Waals surface area contributed by atoms with E-state index in [0.717, 1.165) is 13.5 Å². The number of rotatable bonds is 8. The van der Waals surface area contributed by atoms with Crippen molar-refractivity contribution in [2.75, 3.05) is 20.1 Å². The fourth-order valence-corrected chi connectivity index (χ4v) is 4.66. The molecule has 2 unspecified atom stereocenters. The summed E-state index contributed by atoms with van der Waals surface area (Å²) in [5.74, 6) is -7.25. The molecule has 212 valence electrons. The molecule has 1 heterocycles. The Morgan fingerprint density at radius 1 is 0.923 bits per heavy atom. The van der Waals surface area contributed by atoms with Gasteiger partial charge in [-0.2, -0.15) is 0 Å². The fraction of sp³-hybridized carbons (Fsp3) is 0.444. The number of amides is 1. The monoisotopic (exact) mass is 550 g/mol. The minimum Gasteiger partial charge on any atom is -0.463 e. The first-order valence-corrected chi connectivity index (χ1v) is 12.5. The third-order valence-corrected chi connectivity index (χ3v) is 6.95. The van der Waals surface area contributed by atoms with Crippen molar-refractivity contribution in [1.82, 2.24) is 9.96 Å². The van der Waals surface area contributed by atoms with Gasteiger partial charge in [0.15, 0.2) is 0 Å². The highest BCUT2D eigenvalue weighted by Gasteiger charge is 2.44. The van der Waals surface area contributed by atoms with Crippen molar-refractivity contribution in [1.29, 1.82) is 0 Å². The van der Waals surface area contributed by atoms with Crippen molar-refractivity contribution < 1.29 is 48.1 Å². The van der Waals surface area contributed by atoms with E-state index in [0.29, 0.717) is 37.1 Å². The maximum Gasteiger partial charge on any atom is 0.441 e. The van der Waals surface area contributed by atoms with Crippen molar-refractivity contribution in [3.8, 4) is 0 Å². The molecular formula is C27H32F2N2O8. The Kier molecular flexibility index (Phi) is 9.59. The molecular weight excluding hydrogens is 518 g/mol. The molecule has 0 bridgehead atoms. The Labute approximate surface area is 224 Å². The number of carbonyl (C=O) groups is 3. The van der Waals surface area contributed by atoms with E-state index in [1.807, 2.05) is 0 Å². The molecule has 10 nitrogen and oxygen atoms in total. The highest BCUT2D eigenvalue weighted by Crippen LogP contribution is 2.40. The van der Waals surface area contributed by atoms with Gasteiger partial charge in [0.05, 0.1) is 7.05 Å². The lowest BCUT2D eigenvalue weighted by Gasteiger charge is -2.42. The zero-order valence-corrected chi connectivity index (χ0v) is 21.7. The van der Waals surface area contributed by atoms with Crippen LogP contribution in [0.3, 0.4) is 0 Å². The summed E-state index contributed by atoms with van der Waals surface area (Å²) in [6, 6.07) is 10.3. The van der Waals surface area contributed by atoms with Crippen LogP contribution in [0.2, 0.25) is 0 Å². The van der Waals surface area contributed by atoms with Crippen molar-refractivity contribution in [2.24, 2.45) is 5.92 Å². The summed E-state index contributed by atoms with van der Waals surface area (Å²) in [6.07, 6.45) is 0.407. The number of esters is 1. The highest BCUT2D eigenvalue weighted by molar-refractivity contribution is 6.29. The molecule has 0 spiro atoms. The van der Waals surface area contributed by atoms with Crippen molar-refractivity contribution in [2.45, 2.75) is 50.5 Å². The second kappa shape index (κ2) is 12.5. The van der Waals surface area contributed by atoms with Gasteiger partial charge in [-0.25, -0.2) is 28.1 Å². The van der Waals surface area contributed by atoms with E-state index >= 15 is 0 Å². The lowest BCUT2D eigenvalue weighted by atomic mass is 9.75. The Morgan fingerprint density at radius 2 is 1.41 bits per heavy atom. The summed E-state index contributed by atoms with van der Waals surface area (Å²) in [7, 11) is 0.901. The molecule has 3 N–H and O–H groups in total. The summed E-state index contributed by atoms with van der Waals surface area (Å²) in [6.45, 7) is 2.37. The Hall–Kier alpha value is -3.61. The van der Waals surface area contributed by atoms with Gasteiger partial charge in [0.2, 0.25) is 0 Å². The summed E-state index contributed by atoms with van der Waals surface area (Å²) >= 11 is 0. The SMILES string of the molecule is CC(CCC(O)(OC(=O)C(=O)ON(C)C(=O)O)N1CCCCC1)C(O)(c1ccc(F)cc1)c1ccc(F)cc1. The van der Waals surface area contributed by atoms with Gasteiger partial charge in [0, 0.05) is 19.5 Å². The molecule has 1 fully saturated rings. The maximum atomic E-state index is 13.7. The number of benzene rings is 2. The molecule has 1 aliphatic heterocycles. The van der Waals surface area contributed by atoms with Gasteiger partial charge in [0.25, 0.3) is 5.91 Å². The number of hydrogen-bond acceptors (Lipinski definition) is 8. The minimum atomic E-state index is -2.28. The fourth-order valence-electron chi connectivity index (χ4n) is 4.66. The molecule has 1 amide bonds. The van der Waals surface area contributed by atoms with Crippen molar-refractivity contribution in [3.05, 3.63) is 71.3 Å². The van der Waals surface area contributed by atoms with E-state index in [4.69, 9.17) is 9.84 Å². The second-order valence-corrected chi connectivity index (χ2v) is 9.56. The van der Waals surface area contributed by atoms with E-state index < -0.39 is 47.1 Å². The first-order chi connectivity index (χ1) is 18.4. The quantitative estimate of drug-likeness (QED) is 0.196. The van der Waals surface area contributed by atoms with Crippen LogP contribution in [0.15, 0.2) is 48.5 Å². The number of ether oxygens (including phenoxy) is 1. The Bertz CT molecular complexity index is 1110. The van der Waals surface area contributed by atoms with E-state index in [9.17, 15) is 33.4 Å². The first kappa shape index (κ1) is 29.9. The number of hydroxylamine groups is 2. The van der Waals surface area contributed by atoms with Crippen LogP contribution >= 0.6 is 0 Å². The summed E-state index contributed by atoms with van der Waals surface area (Å²) in [5, 5.41) is 32.4. The third-order valence-electron chi connectivity index (χ3n) is 6.95. The largest absolute Gasteiger partial charge is 0.463 e. The normalized spacial score (nSPS) is 16.6. The van der Waals surface area contributed by atoms with Crippen LogP contribution in [-0.2, 0) is 24.8 Å². The van der Waals surface area contributed by atoms with Gasteiger partial charge in [0.1, 0.15) is 17.2 Å². The van der Waals surface area contributed by atoms with Crippen LogP contribution in [0.5, 0.6) is 0 Å². The van der Waals surface area contributed by atoms with Gasteiger partial charge >= 0.3 is 18.0 Å². The highest BCUT2D eigenvalue weighted by atomic mass is 19.1. The number of likely N-dealkylation sites (tertiary alicyclic amines) is 1. The predicted octanol–water partition coefficient (Wildman–Crippen LogP) is 3.36. The smallest absolute Gasteiger partial charge is 0.441 e. The lowest BCUT2D eigenvalue weighted by molar-refractivity contribution is -0.288. The number of hydrogen-bond donors (Lipinski definition) is 3. The Morgan fingerprint density at radius 3 is 1.87 bits per heavy atom. The van der Waals surface area contributed by atoms with Gasteiger partial charge in [-0.1, -0.05) is 37.6 Å². The zero-order chi connectivity index (χ0) is 28.8. The number of piperidine rings is 1. The number of carboxylic acid groups (broad SMARTS) is 1. The zero-order valence-electron chi connectivity index (χ0n) is 21.7. The number of nitrogens with zero attached hydrogens (tertiary/aromatic N) is 2. The predicted molar refractivity (Wildman–Crippen MR) is 133 cm³/mol.